The molecule has 174 valence electrons. The van der Waals surface area contributed by atoms with Crippen LogP contribution in [0.5, 0.6) is 0 Å². The van der Waals surface area contributed by atoms with Crippen molar-refractivity contribution in [2.24, 2.45) is 0 Å². The van der Waals surface area contributed by atoms with Crippen LogP contribution in [0.3, 0.4) is 0 Å². The van der Waals surface area contributed by atoms with Crippen molar-refractivity contribution in [2.75, 3.05) is 38.5 Å². The van der Waals surface area contributed by atoms with E-state index in [1.54, 1.807) is 0 Å². The van der Waals surface area contributed by atoms with Crippen LogP contribution in [0.4, 0.5) is 0 Å². The lowest BCUT2D eigenvalue weighted by Gasteiger charge is -2.39. The van der Waals surface area contributed by atoms with Crippen LogP contribution in [-0.2, 0) is 19.0 Å². The lowest BCUT2D eigenvalue weighted by molar-refractivity contribution is -0.928. The Morgan fingerprint density at radius 3 is 2.21 bits per heavy atom. The van der Waals surface area contributed by atoms with Gasteiger partial charge in [-0.3, -0.25) is 9.35 Å². The van der Waals surface area contributed by atoms with Gasteiger partial charge in [-0.1, -0.05) is 20.3 Å². The van der Waals surface area contributed by atoms with Gasteiger partial charge in [-0.25, -0.2) is 0 Å². The van der Waals surface area contributed by atoms with Crippen molar-refractivity contribution in [3.8, 4) is 0 Å². The number of nitrogens with zero attached hydrogens (tertiary/aromatic N) is 1. The van der Waals surface area contributed by atoms with E-state index in [0.29, 0.717) is 19.4 Å². The van der Waals surface area contributed by atoms with Crippen LogP contribution in [0.2, 0.25) is 19.1 Å². The standard InChI is InChI=1S/C19H44N2O5SSi2/c1-5-7-14-21(13-6-2,16-10-17-27(23,24)25)15-8-11-19(22)20-12-9-18-29(3,4)26-28/h5-18H2,1-4,28H3,(H-,20,22,23,24,25)/p+1. The van der Waals surface area contributed by atoms with E-state index < -0.39 is 18.4 Å². The first kappa shape index (κ1) is 28.7. The molecule has 7 nitrogen and oxygen atoms in total. The molecule has 0 aliphatic heterocycles. The average Bonchev–Trinajstić information content (AvgIpc) is 2.63. The number of hydrogen-bond acceptors (Lipinski definition) is 4. The first-order valence-corrected chi connectivity index (χ1v) is 16.7. The molecule has 0 saturated carbocycles. The molecular weight excluding hydrogens is 424 g/mol. The smallest absolute Gasteiger partial charge is 0.265 e. The van der Waals surface area contributed by atoms with Crippen molar-refractivity contribution in [1.82, 2.24) is 5.32 Å². The SMILES string of the molecule is CCCC[N+](CCC)(CCCC(=O)NCCC[Si](C)(C)O[SiH3])CCCS(=O)(=O)O. The molecule has 10 heteroatoms. The second kappa shape index (κ2) is 14.7. The Morgan fingerprint density at radius 2 is 1.66 bits per heavy atom. The summed E-state index contributed by atoms with van der Waals surface area (Å²) in [5, 5.41) is 3.02. The molecule has 29 heavy (non-hydrogen) atoms. The fourth-order valence-electron chi connectivity index (χ4n) is 3.73. The first-order chi connectivity index (χ1) is 13.5. The molecule has 0 heterocycles. The molecule has 1 atom stereocenters. The van der Waals surface area contributed by atoms with Crippen LogP contribution in [-0.4, -0.2) is 80.6 Å². The molecule has 0 saturated heterocycles. The Labute approximate surface area is 183 Å². The number of rotatable bonds is 18. The van der Waals surface area contributed by atoms with Crippen molar-refractivity contribution >= 4 is 34.8 Å². The quantitative estimate of drug-likeness (QED) is 0.139. The lowest BCUT2D eigenvalue weighted by Crippen LogP contribution is -2.51. The van der Waals surface area contributed by atoms with Crippen molar-refractivity contribution in [1.29, 1.82) is 0 Å². The molecule has 0 spiro atoms. The summed E-state index contributed by atoms with van der Waals surface area (Å²) >= 11 is 0. The van der Waals surface area contributed by atoms with E-state index in [2.05, 4.69) is 32.3 Å². The normalized spacial score (nSPS) is 14.7. The molecule has 0 aliphatic rings. The third kappa shape index (κ3) is 15.2. The van der Waals surface area contributed by atoms with Gasteiger partial charge < -0.3 is 13.9 Å². The molecule has 0 aliphatic carbocycles. The number of carbonyl (C=O) groups excluding carboxylic acids is 1. The molecule has 2 N–H and O–H groups in total. The maximum atomic E-state index is 12.2. The topological polar surface area (TPSA) is 92.7 Å². The number of amides is 1. The summed E-state index contributed by atoms with van der Waals surface area (Å²) in [4.78, 5) is 12.2. The summed E-state index contributed by atoms with van der Waals surface area (Å²) in [6.45, 7) is 13.0. The summed E-state index contributed by atoms with van der Waals surface area (Å²) < 4.78 is 37.7. The average molecular weight is 470 g/mol. The fraction of sp³-hybridized carbons (Fsp3) is 0.947. The molecule has 0 aromatic rings. The van der Waals surface area contributed by atoms with Crippen LogP contribution in [0.25, 0.3) is 0 Å². The highest BCUT2D eigenvalue weighted by atomic mass is 32.2. The molecule has 0 aromatic carbocycles. The van der Waals surface area contributed by atoms with Crippen molar-refractivity contribution in [2.45, 2.75) is 77.9 Å². The number of carbonyl (C=O) groups is 1. The van der Waals surface area contributed by atoms with Gasteiger partial charge in [-0.05, 0) is 38.4 Å². The molecule has 0 bridgehead atoms. The lowest BCUT2D eigenvalue weighted by atomic mass is 10.1. The van der Waals surface area contributed by atoms with Crippen LogP contribution in [0, 0.1) is 0 Å². The minimum Gasteiger partial charge on any atom is -0.463 e. The van der Waals surface area contributed by atoms with Gasteiger partial charge in [0.15, 0.2) is 8.32 Å². The van der Waals surface area contributed by atoms with Crippen LogP contribution in [0.15, 0.2) is 0 Å². The Morgan fingerprint density at radius 1 is 1.03 bits per heavy atom. The monoisotopic (exact) mass is 469 g/mol. The highest BCUT2D eigenvalue weighted by molar-refractivity contribution is 7.85. The zero-order chi connectivity index (χ0) is 22.4. The largest absolute Gasteiger partial charge is 0.463 e. The molecular formula is C19H45N2O5SSi2+. The summed E-state index contributed by atoms with van der Waals surface area (Å²) in [6.07, 6.45) is 5.92. The predicted octanol–water partition coefficient (Wildman–Crippen LogP) is 2.08. The van der Waals surface area contributed by atoms with Crippen LogP contribution < -0.4 is 5.32 Å². The Bertz CT molecular complexity index is 561. The molecule has 0 rings (SSSR count). The minimum atomic E-state index is -3.92. The maximum absolute atomic E-state index is 12.2. The van der Waals surface area contributed by atoms with Crippen molar-refractivity contribution in [3.63, 3.8) is 0 Å². The van der Waals surface area contributed by atoms with E-state index in [1.807, 2.05) is 0 Å². The summed E-state index contributed by atoms with van der Waals surface area (Å²) in [6, 6.07) is 1.07. The van der Waals surface area contributed by atoms with E-state index in [9.17, 15) is 13.2 Å². The number of nitrogens with one attached hydrogen (secondary N) is 1. The number of hydrogen-bond donors (Lipinski definition) is 2. The van der Waals surface area contributed by atoms with Gasteiger partial charge >= 0.3 is 0 Å². The van der Waals surface area contributed by atoms with E-state index in [4.69, 9.17) is 8.67 Å². The Balaban J connectivity index is 4.52. The minimum absolute atomic E-state index is 0.0966. The molecule has 0 aromatic heterocycles. The third-order valence-corrected chi connectivity index (χ3v) is 12.4. The van der Waals surface area contributed by atoms with E-state index >= 15 is 0 Å². The van der Waals surface area contributed by atoms with Crippen LogP contribution in [0.1, 0.15) is 58.8 Å². The van der Waals surface area contributed by atoms with E-state index in [1.165, 1.54) is 0 Å². The van der Waals surface area contributed by atoms with E-state index in [-0.39, 0.29) is 11.7 Å². The molecule has 1 unspecified atom stereocenters. The number of quaternary nitrogens is 1. The Hall–Kier alpha value is -0.266. The molecule has 1 amide bonds. The van der Waals surface area contributed by atoms with Gasteiger partial charge in [0.2, 0.25) is 5.91 Å². The third-order valence-electron chi connectivity index (χ3n) is 5.59. The predicted molar refractivity (Wildman–Crippen MR) is 126 cm³/mol. The van der Waals surface area contributed by atoms with Gasteiger partial charge in [-0.2, -0.15) is 8.42 Å². The van der Waals surface area contributed by atoms with Gasteiger partial charge in [-0.15, -0.1) is 0 Å². The Kier molecular flexibility index (Phi) is 14.6. The van der Waals surface area contributed by atoms with Gasteiger partial charge in [0.1, 0.15) is 10.5 Å². The van der Waals surface area contributed by atoms with Gasteiger partial charge in [0, 0.05) is 25.8 Å². The summed E-state index contributed by atoms with van der Waals surface area (Å²) in [7, 11) is -4.64. The van der Waals surface area contributed by atoms with Crippen molar-refractivity contribution in [3.05, 3.63) is 0 Å². The van der Waals surface area contributed by atoms with Crippen LogP contribution >= 0.6 is 0 Å². The fourth-order valence-corrected chi connectivity index (χ4v) is 6.07. The highest BCUT2D eigenvalue weighted by Crippen LogP contribution is 2.16. The summed E-state index contributed by atoms with van der Waals surface area (Å²) in [5.41, 5.74) is 0. The number of unbranched alkanes of at least 4 members (excludes halogenated alkanes) is 1. The maximum Gasteiger partial charge on any atom is 0.265 e. The second-order valence-electron chi connectivity index (χ2n) is 8.75. The summed E-state index contributed by atoms with van der Waals surface area (Å²) in [5.74, 6) is -0.0910. The second-order valence-corrected chi connectivity index (χ2v) is 16.0. The van der Waals surface area contributed by atoms with E-state index in [0.717, 1.165) is 79.3 Å². The zero-order valence-electron chi connectivity index (χ0n) is 19.3. The first-order valence-electron chi connectivity index (χ1n) is 11.1. The van der Waals surface area contributed by atoms with Crippen molar-refractivity contribution < 1.29 is 26.4 Å². The van der Waals surface area contributed by atoms with Gasteiger partial charge in [0.25, 0.3) is 10.1 Å². The highest BCUT2D eigenvalue weighted by Gasteiger charge is 2.26. The van der Waals surface area contributed by atoms with Gasteiger partial charge in [0.05, 0.1) is 31.9 Å². The zero-order valence-corrected chi connectivity index (χ0v) is 23.2. The molecule has 0 radical (unpaired) electrons. The molecule has 0 fully saturated rings.